The fourth-order valence-electron chi connectivity index (χ4n) is 2.40. The number of anilines is 1. The maximum Gasteiger partial charge on any atom is 0.310 e. The highest BCUT2D eigenvalue weighted by molar-refractivity contribution is 5.96. The molecule has 148 valence electrons. The molecule has 0 unspecified atom stereocenters. The maximum absolute atomic E-state index is 12.0. The van der Waals surface area contributed by atoms with Gasteiger partial charge < -0.3 is 24.8 Å². The van der Waals surface area contributed by atoms with Crippen LogP contribution in [0, 0.1) is 0 Å². The van der Waals surface area contributed by atoms with Gasteiger partial charge in [0.2, 0.25) is 0 Å². The quantitative estimate of drug-likeness (QED) is 0.671. The van der Waals surface area contributed by atoms with Gasteiger partial charge in [0.1, 0.15) is 0 Å². The van der Waals surface area contributed by atoms with Crippen LogP contribution in [-0.4, -0.2) is 45.7 Å². The van der Waals surface area contributed by atoms with E-state index in [0.717, 1.165) is 0 Å². The van der Waals surface area contributed by atoms with Gasteiger partial charge in [-0.2, -0.15) is 0 Å². The van der Waals surface area contributed by atoms with Gasteiger partial charge in [-0.05, 0) is 42.0 Å². The van der Waals surface area contributed by atoms with Crippen molar-refractivity contribution >= 4 is 23.5 Å². The van der Waals surface area contributed by atoms with Crippen LogP contribution < -0.4 is 20.1 Å². The zero-order chi connectivity index (χ0) is 20.5. The van der Waals surface area contributed by atoms with Crippen LogP contribution in [0.1, 0.15) is 15.9 Å². The highest BCUT2D eigenvalue weighted by Crippen LogP contribution is 2.27. The third-order valence-electron chi connectivity index (χ3n) is 3.82. The van der Waals surface area contributed by atoms with Crippen molar-refractivity contribution < 1.29 is 28.6 Å². The number of nitrogens with one attached hydrogen (secondary N) is 2. The lowest BCUT2D eigenvalue weighted by Crippen LogP contribution is -2.22. The number of hydrogen-bond donors (Lipinski definition) is 2. The summed E-state index contributed by atoms with van der Waals surface area (Å²) in [5.41, 5.74) is 1.64. The van der Waals surface area contributed by atoms with Gasteiger partial charge in [-0.1, -0.05) is 6.07 Å². The van der Waals surface area contributed by atoms with E-state index in [9.17, 15) is 14.4 Å². The molecule has 0 aliphatic carbocycles. The van der Waals surface area contributed by atoms with Crippen LogP contribution in [-0.2, 0) is 20.7 Å². The molecule has 0 fully saturated rings. The second kappa shape index (κ2) is 9.96. The molecule has 2 aromatic carbocycles. The van der Waals surface area contributed by atoms with Crippen molar-refractivity contribution in [3.63, 3.8) is 0 Å². The average Bonchev–Trinajstić information content (AvgIpc) is 2.72. The van der Waals surface area contributed by atoms with Crippen molar-refractivity contribution in [3.8, 4) is 11.5 Å². The highest BCUT2D eigenvalue weighted by Gasteiger charge is 2.12. The molecule has 2 rings (SSSR count). The topological polar surface area (TPSA) is 103 Å². The average molecular weight is 386 g/mol. The van der Waals surface area contributed by atoms with E-state index >= 15 is 0 Å². The van der Waals surface area contributed by atoms with E-state index in [1.54, 1.807) is 42.5 Å². The summed E-state index contributed by atoms with van der Waals surface area (Å²) in [6, 6.07) is 11.4. The van der Waals surface area contributed by atoms with Gasteiger partial charge in [0, 0.05) is 18.3 Å². The zero-order valence-electron chi connectivity index (χ0n) is 15.9. The molecule has 8 nitrogen and oxygen atoms in total. The van der Waals surface area contributed by atoms with E-state index in [1.165, 1.54) is 21.3 Å². The number of amides is 2. The number of methoxy groups -OCH3 is 2. The second-order valence-corrected chi connectivity index (χ2v) is 5.73. The Morgan fingerprint density at radius 2 is 1.61 bits per heavy atom. The number of benzene rings is 2. The molecule has 0 aliphatic heterocycles. The third-order valence-corrected chi connectivity index (χ3v) is 3.82. The Morgan fingerprint density at radius 3 is 2.21 bits per heavy atom. The molecule has 0 radical (unpaired) electrons. The molecule has 0 aliphatic rings. The Labute approximate surface area is 162 Å². The summed E-state index contributed by atoms with van der Waals surface area (Å²) in [5, 5.41) is 5.10. The van der Waals surface area contributed by atoms with Gasteiger partial charge in [-0.3, -0.25) is 14.4 Å². The normalized spacial score (nSPS) is 9.96. The Kier molecular flexibility index (Phi) is 7.38. The van der Waals surface area contributed by atoms with Crippen molar-refractivity contribution in [1.82, 2.24) is 5.32 Å². The van der Waals surface area contributed by atoms with Crippen molar-refractivity contribution in [1.29, 1.82) is 0 Å². The first-order valence-electron chi connectivity index (χ1n) is 8.45. The van der Waals surface area contributed by atoms with Crippen LogP contribution >= 0.6 is 0 Å². The number of carbonyl (C=O) groups is 3. The van der Waals surface area contributed by atoms with E-state index in [4.69, 9.17) is 14.2 Å². The first-order valence-corrected chi connectivity index (χ1v) is 8.45. The second-order valence-electron chi connectivity index (χ2n) is 5.73. The van der Waals surface area contributed by atoms with Crippen LogP contribution in [0.5, 0.6) is 11.5 Å². The predicted octanol–water partition coefficient (Wildman–Crippen LogP) is 1.79. The summed E-state index contributed by atoms with van der Waals surface area (Å²) in [7, 11) is 4.57. The summed E-state index contributed by atoms with van der Waals surface area (Å²) < 4.78 is 15.3. The standard InChI is InChI=1S/C20H22N2O6/c1-21-20(25)14-5-7-15(8-6-14)22-18(23)12-28-19(24)11-13-4-9-16(26-2)17(10-13)27-3/h4-10H,11-12H2,1-3H3,(H,21,25)(H,22,23). The van der Waals surface area contributed by atoms with Gasteiger partial charge >= 0.3 is 5.97 Å². The van der Waals surface area contributed by atoms with E-state index in [-0.39, 0.29) is 12.3 Å². The molecule has 2 aromatic rings. The number of esters is 1. The predicted molar refractivity (Wildman–Crippen MR) is 103 cm³/mol. The van der Waals surface area contributed by atoms with Gasteiger partial charge in [0.25, 0.3) is 11.8 Å². The lowest BCUT2D eigenvalue weighted by atomic mass is 10.1. The Bertz CT molecular complexity index is 848. The molecule has 0 saturated carbocycles. The molecule has 0 heterocycles. The third kappa shape index (κ3) is 5.73. The zero-order valence-corrected chi connectivity index (χ0v) is 15.9. The minimum atomic E-state index is -0.544. The van der Waals surface area contributed by atoms with Crippen LogP contribution in [0.25, 0.3) is 0 Å². The molecule has 0 saturated heterocycles. The number of carbonyl (C=O) groups excluding carboxylic acids is 3. The summed E-state index contributed by atoms with van der Waals surface area (Å²) >= 11 is 0. The van der Waals surface area contributed by atoms with Crippen molar-refractivity contribution in [2.75, 3.05) is 33.2 Å². The van der Waals surface area contributed by atoms with Crippen LogP contribution in [0.4, 0.5) is 5.69 Å². The first kappa shape index (κ1) is 20.8. The summed E-state index contributed by atoms with van der Waals surface area (Å²) in [5.74, 6) is -0.181. The molecule has 8 heteroatoms. The number of ether oxygens (including phenoxy) is 3. The molecule has 0 aromatic heterocycles. The summed E-state index contributed by atoms with van der Waals surface area (Å²) in [6.07, 6.45) is -0.00550. The molecule has 28 heavy (non-hydrogen) atoms. The smallest absolute Gasteiger partial charge is 0.310 e. The fourth-order valence-corrected chi connectivity index (χ4v) is 2.40. The Morgan fingerprint density at radius 1 is 0.929 bits per heavy atom. The largest absolute Gasteiger partial charge is 0.493 e. The monoisotopic (exact) mass is 386 g/mol. The minimum Gasteiger partial charge on any atom is -0.493 e. The fraction of sp³-hybridized carbons (Fsp3) is 0.250. The van der Waals surface area contributed by atoms with Gasteiger partial charge in [0.15, 0.2) is 18.1 Å². The highest BCUT2D eigenvalue weighted by atomic mass is 16.5. The lowest BCUT2D eigenvalue weighted by molar-refractivity contribution is -0.146. The molecule has 0 atom stereocenters. The van der Waals surface area contributed by atoms with Crippen LogP contribution in [0.15, 0.2) is 42.5 Å². The molecule has 2 N–H and O–H groups in total. The van der Waals surface area contributed by atoms with Crippen molar-refractivity contribution in [3.05, 3.63) is 53.6 Å². The summed E-state index contributed by atoms with van der Waals surface area (Å²) in [6.45, 7) is -0.413. The van der Waals surface area contributed by atoms with E-state index in [0.29, 0.717) is 28.3 Å². The SMILES string of the molecule is CNC(=O)c1ccc(NC(=O)COC(=O)Cc2ccc(OC)c(OC)c2)cc1. The van der Waals surface area contributed by atoms with Gasteiger partial charge in [-0.15, -0.1) is 0 Å². The van der Waals surface area contributed by atoms with Gasteiger partial charge in [-0.25, -0.2) is 0 Å². The van der Waals surface area contributed by atoms with E-state index in [1.807, 2.05) is 0 Å². The number of hydrogen-bond acceptors (Lipinski definition) is 6. The Hall–Kier alpha value is -3.55. The van der Waals surface area contributed by atoms with Crippen LogP contribution in [0.2, 0.25) is 0 Å². The molecular weight excluding hydrogens is 364 g/mol. The molecule has 0 spiro atoms. The Balaban J connectivity index is 1.83. The van der Waals surface area contributed by atoms with Crippen LogP contribution in [0.3, 0.4) is 0 Å². The minimum absolute atomic E-state index is 0.00550. The van der Waals surface area contributed by atoms with E-state index in [2.05, 4.69) is 10.6 Å². The van der Waals surface area contributed by atoms with Crippen molar-refractivity contribution in [2.24, 2.45) is 0 Å². The molecular formula is C20H22N2O6. The molecule has 0 bridgehead atoms. The van der Waals surface area contributed by atoms with Gasteiger partial charge in [0.05, 0.1) is 20.6 Å². The van der Waals surface area contributed by atoms with Crippen molar-refractivity contribution in [2.45, 2.75) is 6.42 Å². The summed E-state index contributed by atoms with van der Waals surface area (Å²) in [4.78, 5) is 35.4. The maximum atomic E-state index is 12.0. The number of rotatable bonds is 8. The first-order chi connectivity index (χ1) is 13.5. The molecule has 2 amide bonds. The van der Waals surface area contributed by atoms with E-state index < -0.39 is 18.5 Å². The lowest BCUT2D eigenvalue weighted by Gasteiger charge is -2.10.